The fourth-order valence-corrected chi connectivity index (χ4v) is 2.05. The van der Waals surface area contributed by atoms with Crippen LogP contribution in [0.3, 0.4) is 0 Å². The molecule has 4 heteroatoms. The van der Waals surface area contributed by atoms with E-state index in [9.17, 15) is 0 Å². The Morgan fingerprint density at radius 2 is 2.43 bits per heavy atom. The molecule has 3 rings (SSSR count). The van der Waals surface area contributed by atoms with Crippen molar-refractivity contribution in [2.75, 3.05) is 6.61 Å². The molecule has 0 fully saturated rings. The zero-order valence-corrected chi connectivity index (χ0v) is 8.29. The molecule has 72 valence electrons. The lowest BCUT2D eigenvalue weighted by atomic mass is 10.2. The van der Waals surface area contributed by atoms with Crippen LogP contribution in [0.15, 0.2) is 18.3 Å². The summed E-state index contributed by atoms with van der Waals surface area (Å²) in [6.45, 7) is 1.38. The molecule has 2 aromatic heterocycles. The number of nitrogens with zero attached hydrogens (tertiary/aromatic N) is 2. The first-order valence-electron chi connectivity index (χ1n) is 4.58. The summed E-state index contributed by atoms with van der Waals surface area (Å²) in [5.41, 5.74) is 3.09. The molecule has 0 saturated heterocycles. The summed E-state index contributed by atoms with van der Waals surface area (Å²) in [6.07, 6.45) is 2.91. The minimum absolute atomic E-state index is 0.605. The topological polar surface area (TPSA) is 26.5 Å². The van der Waals surface area contributed by atoms with Gasteiger partial charge in [0.25, 0.3) is 0 Å². The van der Waals surface area contributed by atoms with Crippen LogP contribution in [0.4, 0.5) is 0 Å². The van der Waals surface area contributed by atoms with Crippen molar-refractivity contribution >= 4 is 17.2 Å². The van der Waals surface area contributed by atoms with E-state index in [1.165, 1.54) is 5.69 Å². The minimum Gasteiger partial charge on any atom is -0.375 e. The molecule has 0 N–H and O–H groups in total. The lowest BCUT2D eigenvalue weighted by Gasteiger charge is -2.10. The van der Waals surface area contributed by atoms with Gasteiger partial charge in [-0.25, -0.2) is 4.98 Å². The van der Waals surface area contributed by atoms with Gasteiger partial charge in [0, 0.05) is 12.6 Å². The number of imidazole rings is 1. The van der Waals surface area contributed by atoms with Gasteiger partial charge < -0.3 is 9.14 Å². The average Bonchev–Trinajstić information content (AvgIpc) is 2.59. The molecule has 3 heterocycles. The Balaban J connectivity index is 2.36. The first-order chi connectivity index (χ1) is 6.86. The van der Waals surface area contributed by atoms with Crippen LogP contribution in [0.2, 0.25) is 5.02 Å². The second-order valence-electron chi connectivity index (χ2n) is 3.36. The second kappa shape index (κ2) is 2.97. The summed E-state index contributed by atoms with van der Waals surface area (Å²) >= 11 is 6.05. The predicted molar refractivity (Wildman–Crippen MR) is 53.6 cm³/mol. The standard InChI is InChI=1S/C10H9ClN2O/c11-7-2-1-4-13-9-3-5-14-6-8(9)12-10(7)13/h1-2,4H,3,5-6H2. The summed E-state index contributed by atoms with van der Waals surface area (Å²) < 4.78 is 7.40. The molecule has 0 aromatic carbocycles. The van der Waals surface area contributed by atoms with Crippen LogP contribution in [0.1, 0.15) is 11.4 Å². The quantitative estimate of drug-likeness (QED) is 0.663. The summed E-state index contributed by atoms with van der Waals surface area (Å²) in [4.78, 5) is 4.46. The Morgan fingerprint density at radius 3 is 3.36 bits per heavy atom. The van der Waals surface area contributed by atoms with Crippen molar-refractivity contribution in [1.29, 1.82) is 0 Å². The Kier molecular flexibility index (Phi) is 1.75. The van der Waals surface area contributed by atoms with E-state index in [2.05, 4.69) is 9.38 Å². The number of fused-ring (bicyclic) bond motifs is 3. The highest BCUT2D eigenvalue weighted by Crippen LogP contribution is 2.22. The molecule has 14 heavy (non-hydrogen) atoms. The van der Waals surface area contributed by atoms with Crippen molar-refractivity contribution in [3.63, 3.8) is 0 Å². The number of pyridine rings is 1. The fraction of sp³-hybridized carbons (Fsp3) is 0.300. The van der Waals surface area contributed by atoms with Gasteiger partial charge in [-0.15, -0.1) is 0 Å². The fourth-order valence-electron chi connectivity index (χ4n) is 1.85. The Bertz CT molecular complexity index is 492. The molecule has 1 aliphatic heterocycles. The van der Waals surface area contributed by atoms with Crippen LogP contribution < -0.4 is 0 Å². The molecule has 0 radical (unpaired) electrons. The number of hydrogen-bond donors (Lipinski definition) is 0. The average molecular weight is 209 g/mol. The van der Waals surface area contributed by atoms with E-state index >= 15 is 0 Å². The van der Waals surface area contributed by atoms with Crippen LogP contribution in [0, 0.1) is 0 Å². The number of aromatic nitrogens is 2. The molecule has 2 aromatic rings. The third-order valence-electron chi connectivity index (χ3n) is 2.51. The first kappa shape index (κ1) is 8.26. The zero-order valence-electron chi connectivity index (χ0n) is 7.53. The van der Waals surface area contributed by atoms with E-state index in [4.69, 9.17) is 16.3 Å². The summed E-state index contributed by atoms with van der Waals surface area (Å²) in [7, 11) is 0. The highest BCUT2D eigenvalue weighted by molar-refractivity contribution is 6.33. The number of rotatable bonds is 0. The maximum atomic E-state index is 6.05. The van der Waals surface area contributed by atoms with E-state index < -0.39 is 0 Å². The SMILES string of the molecule is Clc1cccn2c3c(nc12)COCC3. The van der Waals surface area contributed by atoms with E-state index in [1.54, 1.807) is 0 Å². The van der Waals surface area contributed by atoms with Crippen LogP contribution in [-0.2, 0) is 17.8 Å². The summed E-state index contributed by atoms with van der Waals surface area (Å²) in [5, 5.41) is 0.696. The van der Waals surface area contributed by atoms with Crippen LogP contribution in [0.25, 0.3) is 5.65 Å². The molecule has 0 saturated carbocycles. The van der Waals surface area contributed by atoms with E-state index in [0.717, 1.165) is 24.4 Å². The minimum atomic E-state index is 0.605. The molecule has 0 unspecified atom stereocenters. The number of hydrogen-bond acceptors (Lipinski definition) is 2. The maximum absolute atomic E-state index is 6.05. The molecule has 1 aliphatic rings. The van der Waals surface area contributed by atoms with Gasteiger partial charge in [0.15, 0.2) is 5.65 Å². The first-order valence-corrected chi connectivity index (χ1v) is 4.96. The van der Waals surface area contributed by atoms with Crippen LogP contribution >= 0.6 is 11.6 Å². The van der Waals surface area contributed by atoms with Gasteiger partial charge in [0.05, 0.1) is 29.6 Å². The van der Waals surface area contributed by atoms with Crippen molar-refractivity contribution < 1.29 is 4.74 Å². The van der Waals surface area contributed by atoms with Crippen molar-refractivity contribution in [2.24, 2.45) is 0 Å². The van der Waals surface area contributed by atoms with E-state index in [0.29, 0.717) is 11.6 Å². The molecular weight excluding hydrogens is 200 g/mol. The van der Waals surface area contributed by atoms with E-state index in [-0.39, 0.29) is 0 Å². The monoisotopic (exact) mass is 208 g/mol. The molecule has 0 amide bonds. The molecule has 0 spiro atoms. The van der Waals surface area contributed by atoms with Crippen molar-refractivity contribution in [2.45, 2.75) is 13.0 Å². The lowest BCUT2D eigenvalue weighted by Crippen LogP contribution is -2.10. The number of ether oxygens (including phenoxy) is 1. The Labute approximate surface area is 86.3 Å². The zero-order chi connectivity index (χ0) is 9.54. The van der Waals surface area contributed by atoms with Gasteiger partial charge in [0.1, 0.15) is 0 Å². The van der Waals surface area contributed by atoms with Crippen LogP contribution in [-0.4, -0.2) is 16.0 Å². The Hall–Kier alpha value is -1.06. The summed E-state index contributed by atoms with van der Waals surface area (Å²) in [6, 6.07) is 3.79. The van der Waals surface area contributed by atoms with Gasteiger partial charge in [-0.3, -0.25) is 0 Å². The van der Waals surface area contributed by atoms with Gasteiger partial charge in [0.2, 0.25) is 0 Å². The molecular formula is C10H9ClN2O. The highest BCUT2D eigenvalue weighted by Gasteiger charge is 2.17. The smallest absolute Gasteiger partial charge is 0.156 e. The van der Waals surface area contributed by atoms with Gasteiger partial charge in [-0.2, -0.15) is 0 Å². The molecule has 0 aliphatic carbocycles. The molecule has 0 atom stereocenters. The predicted octanol–water partition coefficient (Wildman–Crippen LogP) is 2.06. The van der Waals surface area contributed by atoms with Gasteiger partial charge >= 0.3 is 0 Å². The third kappa shape index (κ3) is 1.06. The Morgan fingerprint density at radius 1 is 1.50 bits per heavy atom. The van der Waals surface area contributed by atoms with Crippen molar-refractivity contribution in [3.05, 3.63) is 34.7 Å². The lowest BCUT2D eigenvalue weighted by molar-refractivity contribution is 0.107. The van der Waals surface area contributed by atoms with E-state index in [1.807, 2.05) is 18.3 Å². The third-order valence-corrected chi connectivity index (χ3v) is 2.80. The molecule has 0 bridgehead atoms. The van der Waals surface area contributed by atoms with Gasteiger partial charge in [-0.05, 0) is 12.1 Å². The highest BCUT2D eigenvalue weighted by atomic mass is 35.5. The second-order valence-corrected chi connectivity index (χ2v) is 3.76. The largest absolute Gasteiger partial charge is 0.375 e. The van der Waals surface area contributed by atoms with Crippen molar-refractivity contribution in [3.8, 4) is 0 Å². The summed E-state index contributed by atoms with van der Waals surface area (Å²) in [5.74, 6) is 0. The van der Waals surface area contributed by atoms with Gasteiger partial charge in [-0.1, -0.05) is 11.6 Å². The van der Waals surface area contributed by atoms with Crippen molar-refractivity contribution in [1.82, 2.24) is 9.38 Å². The molecule has 3 nitrogen and oxygen atoms in total. The number of halogens is 1. The van der Waals surface area contributed by atoms with Crippen LogP contribution in [0.5, 0.6) is 0 Å². The normalized spacial score (nSPS) is 15.8. The maximum Gasteiger partial charge on any atom is 0.156 e.